The van der Waals surface area contributed by atoms with Gasteiger partial charge in [-0.2, -0.15) is 0 Å². The van der Waals surface area contributed by atoms with E-state index in [9.17, 15) is 0 Å². The van der Waals surface area contributed by atoms with Gasteiger partial charge in [0.15, 0.2) is 0 Å². The highest BCUT2D eigenvalue weighted by molar-refractivity contribution is 5.25. The summed E-state index contributed by atoms with van der Waals surface area (Å²) < 4.78 is 0. The Balaban J connectivity index is 2.03. The van der Waals surface area contributed by atoms with Crippen molar-refractivity contribution in [3.63, 3.8) is 0 Å². The van der Waals surface area contributed by atoms with Crippen molar-refractivity contribution in [1.82, 2.24) is 10.2 Å². The molecule has 1 fully saturated rings. The molecule has 0 heterocycles. The summed E-state index contributed by atoms with van der Waals surface area (Å²) in [6.07, 6.45) is 4.04. The first-order valence-electron chi connectivity index (χ1n) is 7.22. The molecular weight excluding hydrogens is 220 g/mol. The molecule has 0 aliphatic heterocycles. The van der Waals surface area contributed by atoms with Crippen molar-refractivity contribution in [1.29, 1.82) is 0 Å². The number of rotatable bonds is 7. The number of nitrogens with zero attached hydrogens (tertiary/aromatic N) is 1. The highest BCUT2D eigenvalue weighted by Crippen LogP contribution is 2.29. The quantitative estimate of drug-likeness (QED) is 0.795. The van der Waals surface area contributed by atoms with Crippen LogP contribution in [-0.2, 0) is 0 Å². The van der Waals surface area contributed by atoms with Gasteiger partial charge in [0.2, 0.25) is 0 Å². The molecule has 0 spiro atoms. The summed E-state index contributed by atoms with van der Waals surface area (Å²) in [6, 6.07) is 10.2. The smallest absolute Gasteiger partial charge is 0.0447 e. The lowest BCUT2D eigenvalue weighted by atomic mass is 10.0. The fourth-order valence-electron chi connectivity index (χ4n) is 2.63. The fraction of sp³-hybridized carbons (Fsp3) is 0.625. The molecule has 0 bridgehead atoms. The molecule has 1 aliphatic rings. The molecule has 2 heteroatoms. The summed E-state index contributed by atoms with van der Waals surface area (Å²) in [5, 5.41) is 3.48. The number of likely N-dealkylation sites (N-methyl/N-ethyl adjacent to an activating group) is 1. The zero-order chi connectivity index (χ0) is 13.0. The van der Waals surface area contributed by atoms with Gasteiger partial charge in [-0.25, -0.2) is 0 Å². The molecule has 1 N–H and O–H groups in total. The van der Waals surface area contributed by atoms with Gasteiger partial charge in [-0.3, -0.25) is 4.90 Å². The average Bonchev–Trinajstić information content (AvgIpc) is 3.18. The number of nitrogens with one attached hydrogen (secondary N) is 1. The summed E-state index contributed by atoms with van der Waals surface area (Å²) in [4.78, 5) is 2.66. The second-order valence-corrected chi connectivity index (χ2v) is 5.48. The van der Waals surface area contributed by atoms with Gasteiger partial charge >= 0.3 is 0 Å². The lowest BCUT2D eigenvalue weighted by Gasteiger charge is -2.27. The second-order valence-electron chi connectivity index (χ2n) is 5.48. The molecule has 1 aliphatic carbocycles. The molecule has 18 heavy (non-hydrogen) atoms. The zero-order valence-corrected chi connectivity index (χ0v) is 11.9. The monoisotopic (exact) mass is 246 g/mol. The Kier molecular flexibility index (Phi) is 4.79. The molecular formula is C16H26N2. The van der Waals surface area contributed by atoms with Crippen molar-refractivity contribution in [2.24, 2.45) is 0 Å². The van der Waals surface area contributed by atoms with Crippen LogP contribution in [0.3, 0.4) is 0 Å². The SMILES string of the molecule is CCCN(CC(NC)c1cccc(C)c1)C1CC1. The average molecular weight is 246 g/mol. The molecule has 0 radical (unpaired) electrons. The highest BCUT2D eigenvalue weighted by atomic mass is 15.2. The molecule has 2 rings (SSSR count). The molecule has 0 aromatic heterocycles. The molecule has 0 saturated heterocycles. The lowest BCUT2D eigenvalue weighted by Crippen LogP contribution is -2.35. The van der Waals surface area contributed by atoms with Gasteiger partial charge in [-0.1, -0.05) is 36.8 Å². The summed E-state index contributed by atoms with van der Waals surface area (Å²) in [5.74, 6) is 0. The van der Waals surface area contributed by atoms with E-state index in [2.05, 4.69) is 55.4 Å². The number of hydrogen-bond acceptors (Lipinski definition) is 2. The van der Waals surface area contributed by atoms with Crippen molar-refractivity contribution in [3.05, 3.63) is 35.4 Å². The maximum Gasteiger partial charge on any atom is 0.0447 e. The van der Waals surface area contributed by atoms with Crippen LogP contribution in [0.2, 0.25) is 0 Å². The van der Waals surface area contributed by atoms with E-state index in [1.54, 1.807) is 0 Å². The Hall–Kier alpha value is -0.860. The van der Waals surface area contributed by atoms with E-state index in [1.807, 2.05) is 0 Å². The maximum atomic E-state index is 3.48. The van der Waals surface area contributed by atoms with Gasteiger partial charge in [0.25, 0.3) is 0 Å². The van der Waals surface area contributed by atoms with Crippen LogP contribution in [-0.4, -0.2) is 31.1 Å². The van der Waals surface area contributed by atoms with E-state index < -0.39 is 0 Å². The van der Waals surface area contributed by atoms with Crippen LogP contribution in [0.1, 0.15) is 43.4 Å². The highest BCUT2D eigenvalue weighted by Gasteiger charge is 2.29. The molecule has 1 atom stereocenters. The Bertz CT molecular complexity index is 371. The molecule has 0 amide bonds. The fourth-order valence-corrected chi connectivity index (χ4v) is 2.63. The third kappa shape index (κ3) is 3.56. The van der Waals surface area contributed by atoms with Crippen molar-refractivity contribution in [2.45, 2.75) is 45.2 Å². The van der Waals surface area contributed by atoms with Gasteiger partial charge in [0.1, 0.15) is 0 Å². The van der Waals surface area contributed by atoms with Gasteiger partial charge in [0.05, 0.1) is 0 Å². The first kappa shape index (κ1) is 13.6. The van der Waals surface area contributed by atoms with Gasteiger partial charge in [0, 0.05) is 18.6 Å². The van der Waals surface area contributed by atoms with E-state index in [4.69, 9.17) is 0 Å². The normalized spacial score (nSPS) is 17.1. The molecule has 1 unspecified atom stereocenters. The molecule has 100 valence electrons. The van der Waals surface area contributed by atoms with Crippen LogP contribution in [0.15, 0.2) is 24.3 Å². The number of aryl methyl sites for hydroxylation is 1. The third-order valence-electron chi connectivity index (χ3n) is 3.78. The summed E-state index contributed by atoms with van der Waals surface area (Å²) >= 11 is 0. The third-order valence-corrected chi connectivity index (χ3v) is 3.78. The predicted molar refractivity (Wildman–Crippen MR) is 77.9 cm³/mol. The van der Waals surface area contributed by atoms with Crippen molar-refractivity contribution >= 4 is 0 Å². The lowest BCUT2D eigenvalue weighted by molar-refractivity contribution is 0.237. The standard InChI is InChI=1S/C16H26N2/c1-4-10-18(15-8-9-15)12-16(17-3)14-7-5-6-13(2)11-14/h5-7,11,15-17H,4,8-10,12H2,1-3H3. The van der Waals surface area contributed by atoms with Crippen LogP contribution in [0.5, 0.6) is 0 Å². The molecule has 1 aromatic rings. The van der Waals surface area contributed by atoms with Gasteiger partial charge < -0.3 is 5.32 Å². The maximum absolute atomic E-state index is 3.48. The minimum absolute atomic E-state index is 0.456. The van der Waals surface area contributed by atoms with Crippen molar-refractivity contribution in [2.75, 3.05) is 20.1 Å². The largest absolute Gasteiger partial charge is 0.312 e. The zero-order valence-electron chi connectivity index (χ0n) is 11.9. The molecule has 1 saturated carbocycles. The minimum atomic E-state index is 0.456. The minimum Gasteiger partial charge on any atom is -0.312 e. The summed E-state index contributed by atoms with van der Waals surface area (Å²) in [7, 11) is 2.07. The van der Waals surface area contributed by atoms with E-state index in [1.165, 1.54) is 36.9 Å². The van der Waals surface area contributed by atoms with Crippen LogP contribution in [0, 0.1) is 6.92 Å². The second kappa shape index (κ2) is 6.35. The Morgan fingerprint density at radius 3 is 2.72 bits per heavy atom. The number of benzene rings is 1. The van der Waals surface area contributed by atoms with Gasteiger partial charge in [-0.05, 0) is 45.3 Å². The first-order chi connectivity index (χ1) is 8.74. The Morgan fingerprint density at radius 2 is 2.17 bits per heavy atom. The van der Waals surface area contributed by atoms with Crippen LogP contribution in [0.25, 0.3) is 0 Å². The Morgan fingerprint density at radius 1 is 1.39 bits per heavy atom. The van der Waals surface area contributed by atoms with E-state index in [-0.39, 0.29) is 0 Å². The van der Waals surface area contributed by atoms with Crippen LogP contribution < -0.4 is 5.32 Å². The molecule has 2 nitrogen and oxygen atoms in total. The number of hydrogen-bond donors (Lipinski definition) is 1. The summed E-state index contributed by atoms with van der Waals surface area (Å²) in [6.45, 7) is 6.81. The van der Waals surface area contributed by atoms with Gasteiger partial charge in [-0.15, -0.1) is 0 Å². The van der Waals surface area contributed by atoms with Crippen LogP contribution in [0.4, 0.5) is 0 Å². The summed E-state index contributed by atoms with van der Waals surface area (Å²) in [5.41, 5.74) is 2.76. The van der Waals surface area contributed by atoms with E-state index in [0.717, 1.165) is 12.6 Å². The topological polar surface area (TPSA) is 15.3 Å². The Labute approximate surface area is 111 Å². The predicted octanol–water partition coefficient (Wildman–Crippen LogP) is 3.13. The van der Waals surface area contributed by atoms with E-state index >= 15 is 0 Å². The van der Waals surface area contributed by atoms with E-state index in [0.29, 0.717) is 6.04 Å². The van der Waals surface area contributed by atoms with Crippen molar-refractivity contribution in [3.8, 4) is 0 Å². The first-order valence-corrected chi connectivity index (χ1v) is 7.22. The van der Waals surface area contributed by atoms with Crippen LogP contribution >= 0.6 is 0 Å². The van der Waals surface area contributed by atoms with Crippen molar-refractivity contribution < 1.29 is 0 Å². The molecule has 1 aromatic carbocycles.